The third-order valence-corrected chi connectivity index (χ3v) is 5.50. The molecule has 0 radical (unpaired) electrons. The van der Waals surface area contributed by atoms with Gasteiger partial charge in [0.25, 0.3) is 5.91 Å². The number of carbonyl (C=O) groups excluding carboxylic acids is 2. The number of primary amides is 1. The highest BCUT2D eigenvalue weighted by Crippen LogP contribution is 2.53. The first kappa shape index (κ1) is 22.4. The summed E-state index contributed by atoms with van der Waals surface area (Å²) in [6, 6.07) is 5.98. The minimum Gasteiger partial charge on any atom is -0.508 e. The van der Waals surface area contributed by atoms with E-state index < -0.39 is 35.2 Å². The number of amides is 2. The average molecular weight is 430 g/mol. The van der Waals surface area contributed by atoms with E-state index in [2.05, 4.69) is 0 Å². The van der Waals surface area contributed by atoms with Crippen molar-refractivity contribution in [1.29, 1.82) is 5.26 Å². The first-order valence-corrected chi connectivity index (χ1v) is 9.93. The van der Waals surface area contributed by atoms with E-state index in [0.717, 1.165) is 5.01 Å². The number of nitriles is 1. The second kappa shape index (κ2) is 7.74. The van der Waals surface area contributed by atoms with Crippen LogP contribution in [0.25, 0.3) is 0 Å². The lowest BCUT2D eigenvalue weighted by molar-refractivity contribution is -0.163. The SMILES string of the molecule is CC(C)(C)OC(=O)N([C@@H](Cc1ccc(O)cc1)C(=O)O)N1[C@H]2C[C@H]2C[C@]1(C#N)C(N)=O. The third-order valence-electron chi connectivity index (χ3n) is 5.50. The number of carboxylic acids is 1. The minimum absolute atomic E-state index is 0.0113. The molecule has 0 spiro atoms. The number of nitrogens with zero attached hydrogens (tertiary/aromatic N) is 3. The van der Waals surface area contributed by atoms with Crippen LogP contribution in [0, 0.1) is 17.2 Å². The largest absolute Gasteiger partial charge is 0.508 e. The number of ether oxygens (including phenoxy) is 1. The van der Waals surface area contributed by atoms with Gasteiger partial charge in [0.2, 0.25) is 5.54 Å². The molecule has 10 nitrogen and oxygen atoms in total. The summed E-state index contributed by atoms with van der Waals surface area (Å²) < 4.78 is 5.47. The molecule has 10 heteroatoms. The number of aromatic hydroxyl groups is 1. The fourth-order valence-electron chi connectivity index (χ4n) is 4.02. The van der Waals surface area contributed by atoms with Crippen molar-refractivity contribution in [2.75, 3.05) is 0 Å². The van der Waals surface area contributed by atoms with Gasteiger partial charge in [-0.1, -0.05) is 12.1 Å². The monoisotopic (exact) mass is 430 g/mol. The number of hydrogen-bond donors (Lipinski definition) is 3. The molecule has 2 aliphatic rings. The lowest BCUT2D eigenvalue weighted by Gasteiger charge is -2.43. The first-order chi connectivity index (χ1) is 14.4. The number of phenols is 1. The maximum Gasteiger partial charge on any atom is 0.425 e. The van der Waals surface area contributed by atoms with E-state index in [0.29, 0.717) is 12.0 Å². The summed E-state index contributed by atoms with van der Waals surface area (Å²) in [6.07, 6.45) is -0.383. The number of nitrogens with two attached hydrogens (primary N) is 1. The Morgan fingerprint density at radius 1 is 1.35 bits per heavy atom. The lowest BCUT2D eigenvalue weighted by Crippen LogP contribution is -2.66. The summed E-state index contributed by atoms with van der Waals surface area (Å²) >= 11 is 0. The molecule has 1 aliphatic heterocycles. The third kappa shape index (κ3) is 4.27. The Morgan fingerprint density at radius 2 is 1.97 bits per heavy atom. The van der Waals surface area contributed by atoms with Gasteiger partial charge in [0.15, 0.2) is 6.04 Å². The van der Waals surface area contributed by atoms with Gasteiger partial charge >= 0.3 is 12.1 Å². The molecular formula is C21H26N4O6. The van der Waals surface area contributed by atoms with E-state index in [1.165, 1.54) is 29.3 Å². The van der Waals surface area contributed by atoms with Crippen molar-refractivity contribution in [1.82, 2.24) is 10.0 Å². The van der Waals surface area contributed by atoms with E-state index in [9.17, 15) is 29.9 Å². The van der Waals surface area contributed by atoms with E-state index in [-0.39, 0.29) is 30.6 Å². The van der Waals surface area contributed by atoms with Crippen LogP contribution in [0.5, 0.6) is 5.75 Å². The number of carbonyl (C=O) groups is 3. The highest BCUT2D eigenvalue weighted by Gasteiger charge is 2.67. The Morgan fingerprint density at radius 3 is 2.45 bits per heavy atom. The molecule has 0 unspecified atom stereocenters. The van der Waals surface area contributed by atoms with Gasteiger partial charge in [-0.25, -0.2) is 14.6 Å². The van der Waals surface area contributed by atoms with E-state index in [4.69, 9.17) is 10.5 Å². The van der Waals surface area contributed by atoms with Gasteiger partial charge in [-0.05, 0) is 57.2 Å². The quantitative estimate of drug-likeness (QED) is 0.611. The van der Waals surface area contributed by atoms with Gasteiger partial charge in [0.1, 0.15) is 11.4 Å². The van der Waals surface area contributed by atoms with Crippen LogP contribution in [0.1, 0.15) is 39.2 Å². The molecule has 4 atom stereocenters. The maximum atomic E-state index is 13.2. The molecule has 0 aromatic heterocycles. The number of piperidine rings is 1. The Bertz CT molecular complexity index is 935. The predicted molar refractivity (Wildman–Crippen MR) is 107 cm³/mol. The summed E-state index contributed by atoms with van der Waals surface area (Å²) in [5.74, 6) is -2.30. The van der Waals surface area contributed by atoms with Crippen molar-refractivity contribution < 1.29 is 29.3 Å². The number of hydrazine groups is 1. The minimum atomic E-state index is -1.84. The lowest BCUT2D eigenvalue weighted by atomic mass is 9.95. The number of phenolic OH excluding ortho intramolecular Hbond substituents is 1. The smallest absolute Gasteiger partial charge is 0.425 e. The molecule has 4 N–H and O–H groups in total. The number of carboxylic acid groups (broad SMARTS) is 1. The van der Waals surface area contributed by atoms with Gasteiger partial charge < -0.3 is 20.7 Å². The van der Waals surface area contributed by atoms with Gasteiger partial charge in [-0.3, -0.25) is 4.79 Å². The topological polar surface area (TPSA) is 157 Å². The van der Waals surface area contributed by atoms with E-state index >= 15 is 0 Å². The van der Waals surface area contributed by atoms with Gasteiger partial charge in [0, 0.05) is 12.5 Å². The second-order valence-electron chi connectivity index (χ2n) is 9.00. The molecule has 166 valence electrons. The molecule has 2 amide bonds. The van der Waals surface area contributed by atoms with Crippen LogP contribution in [0.3, 0.4) is 0 Å². The zero-order valence-electron chi connectivity index (χ0n) is 17.6. The Hall–Kier alpha value is -3.32. The van der Waals surface area contributed by atoms with Crippen molar-refractivity contribution in [3.63, 3.8) is 0 Å². The fourth-order valence-corrected chi connectivity index (χ4v) is 4.02. The Labute approximate surface area is 179 Å². The number of aliphatic carboxylic acids is 1. The van der Waals surface area contributed by atoms with Crippen LogP contribution in [-0.4, -0.2) is 61.4 Å². The molecule has 1 saturated heterocycles. The standard InChI is InChI=1S/C21H26N4O6/c1-20(2,3)31-19(30)24(16(17(27)28)8-12-4-6-14(26)7-5-12)25-15-9-13(15)10-21(25,11-22)18(23)29/h4-7,13,15-16,26H,8-10H2,1-3H3,(H2,23,29)(H,27,28)/t13-,15-,16-,21-/m0/s1. The summed E-state index contributed by atoms with van der Waals surface area (Å²) in [5.41, 5.74) is 3.32. The molecule has 1 heterocycles. The molecular weight excluding hydrogens is 404 g/mol. The molecule has 1 saturated carbocycles. The van der Waals surface area contributed by atoms with Gasteiger partial charge in [-0.2, -0.15) is 10.3 Å². The summed E-state index contributed by atoms with van der Waals surface area (Å²) in [7, 11) is 0. The van der Waals surface area contributed by atoms with Crippen molar-refractivity contribution in [3.8, 4) is 11.8 Å². The molecule has 1 aromatic carbocycles. The number of rotatable bonds is 6. The fraction of sp³-hybridized carbons (Fsp3) is 0.524. The Balaban J connectivity index is 2.07. The predicted octanol–water partition coefficient (Wildman–Crippen LogP) is 1.38. The maximum absolute atomic E-state index is 13.2. The first-order valence-electron chi connectivity index (χ1n) is 9.93. The van der Waals surface area contributed by atoms with E-state index in [1.54, 1.807) is 20.8 Å². The molecule has 3 rings (SSSR count). The van der Waals surface area contributed by atoms with Gasteiger partial charge in [0.05, 0.1) is 6.07 Å². The average Bonchev–Trinajstić information content (AvgIpc) is 3.33. The molecule has 0 bridgehead atoms. The molecule has 1 aliphatic carbocycles. The van der Waals surface area contributed by atoms with Crippen LogP contribution in [0.2, 0.25) is 0 Å². The van der Waals surface area contributed by atoms with Crippen molar-refractivity contribution >= 4 is 18.0 Å². The number of fused-ring (bicyclic) bond motifs is 1. The summed E-state index contributed by atoms with van der Waals surface area (Å²) in [4.78, 5) is 37.9. The van der Waals surface area contributed by atoms with Crippen molar-refractivity contribution in [3.05, 3.63) is 29.8 Å². The zero-order valence-corrected chi connectivity index (χ0v) is 17.6. The van der Waals surface area contributed by atoms with Crippen LogP contribution in [-0.2, 0) is 20.7 Å². The number of hydrogen-bond acceptors (Lipinski definition) is 7. The highest BCUT2D eigenvalue weighted by atomic mass is 16.6. The molecule has 1 aromatic rings. The molecule has 2 fully saturated rings. The van der Waals surface area contributed by atoms with Crippen LogP contribution in [0.4, 0.5) is 4.79 Å². The van der Waals surface area contributed by atoms with E-state index in [1.807, 2.05) is 6.07 Å². The summed E-state index contributed by atoms with van der Waals surface area (Å²) in [6.45, 7) is 4.90. The summed E-state index contributed by atoms with van der Waals surface area (Å²) in [5, 5.41) is 31.5. The van der Waals surface area contributed by atoms with Crippen molar-refractivity contribution in [2.24, 2.45) is 11.7 Å². The zero-order chi connectivity index (χ0) is 23.1. The molecule has 31 heavy (non-hydrogen) atoms. The van der Waals surface area contributed by atoms with Crippen LogP contribution in [0.15, 0.2) is 24.3 Å². The second-order valence-corrected chi connectivity index (χ2v) is 9.00. The van der Waals surface area contributed by atoms with Crippen LogP contribution < -0.4 is 5.73 Å². The Kier molecular flexibility index (Phi) is 5.58. The normalized spacial score (nSPS) is 25.7. The number of benzene rings is 1. The van der Waals surface area contributed by atoms with Gasteiger partial charge in [-0.15, -0.1) is 0 Å². The van der Waals surface area contributed by atoms with Crippen LogP contribution >= 0.6 is 0 Å². The van der Waals surface area contributed by atoms with Crippen molar-refractivity contribution in [2.45, 2.75) is 63.3 Å². The highest BCUT2D eigenvalue weighted by molar-refractivity contribution is 5.90.